The molecule has 0 unspecified atom stereocenters. The molecule has 1 aliphatic rings. The van der Waals surface area contributed by atoms with E-state index in [2.05, 4.69) is 10.3 Å². The highest BCUT2D eigenvalue weighted by molar-refractivity contribution is 5.94. The summed E-state index contributed by atoms with van der Waals surface area (Å²) in [7, 11) is 0. The van der Waals surface area contributed by atoms with Gasteiger partial charge in [0.2, 0.25) is 0 Å². The third-order valence-electron chi connectivity index (χ3n) is 3.52. The smallest absolute Gasteiger partial charge is 0.252 e. The summed E-state index contributed by atoms with van der Waals surface area (Å²) in [6, 6.07) is 4.08. The second-order valence-electron chi connectivity index (χ2n) is 5.02. The summed E-state index contributed by atoms with van der Waals surface area (Å²) in [5, 5.41) is 3.09. The normalized spacial score (nSPS) is 16.3. The highest BCUT2D eigenvalue weighted by atomic mass is 16.1. The van der Waals surface area contributed by atoms with Gasteiger partial charge in [0.1, 0.15) is 5.65 Å². The minimum absolute atomic E-state index is 0.0233. The summed E-state index contributed by atoms with van der Waals surface area (Å²) in [5.74, 6) is 0.0233. The second kappa shape index (κ2) is 4.44. The summed E-state index contributed by atoms with van der Waals surface area (Å²) in [6.07, 6.45) is 8.45. The van der Waals surface area contributed by atoms with E-state index in [0.717, 1.165) is 24.2 Å². The zero-order valence-corrected chi connectivity index (χ0v) is 10.5. The summed E-state index contributed by atoms with van der Waals surface area (Å²) in [6.45, 7) is 1.95. The molecule has 3 rings (SSSR count). The van der Waals surface area contributed by atoms with E-state index in [0.29, 0.717) is 11.6 Å². The molecule has 4 nitrogen and oxygen atoms in total. The Morgan fingerprint density at radius 2 is 2.11 bits per heavy atom. The van der Waals surface area contributed by atoms with Crippen LogP contribution in [-0.2, 0) is 0 Å². The molecule has 0 atom stereocenters. The molecule has 0 spiro atoms. The Hall–Kier alpha value is -1.84. The van der Waals surface area contributed by atoms with E-state index in [9.17, 15) is 4.79 Å². The van der Waals surface area contributed by atoms with Crippen molar-refractivity contribution in [1.82, 2.24) is 14.7 Å². The van der Waals surface area contributed by atoms with Gasteiger partial charge in [-0.3, -0.25) is 4.79 Å². The van der Waals surface area contributed by atoms with E-state index in [1.54, 1.807) is 0 Å². The van der Waals surface area contributed by atoms with E-state index in [-0.39, 0.29) is 5.91 Å². The van der Waals surface area contributed by atoms with E-state index in [1.165, 1.54) is 12.8 Å². The molecule has 2 aromatic heterocycles. The van der Waals surface area contributed by atoms with Gasteiger partial charge in [0.25, 0.3) is 5.91 Å². The van der Waals surface area contributed by atoms with Crippen LogP contribution in [0.5, 0.6) is 0 Å². The molecule has 18 heavy (non-hydrogen) atoms. The van der Waals surface area contributed by atoms with Gasteiger partial charge in [-0.25, -0.2) is 4.98 Å². The van der Waals surface area contributed by atoms with Crippen LogP contribution >= 0.6 is 0 Å². The maximum absolute atomic E-state index is 12.1. The standard InChI is InChI=1S/C14H17N3O/c1-10-8-17-9-11(6-7-13(17)15-10)14(18)16-12-4-2-3-5-12/h6-9,12H,2-5H2,1H3,(H,16,18). The molecule has 1 saturated carbocycles. The fourth-order valence-corrected chi connectivity index (χ4v) is 2.59. The van der Waals surface area contributed by atoms with Crippen LogP contribution in [-0.4, -0.2) is 21.3 Å². The molecule has 0 aliphatic heterocycles. The maximum atomic E-state index is 12.1. The minimum atomic E-state index is 0.0233. The van der Waals surface area contributed by atoms with Gasteiger partial charge in [-0.1, -0.05) is 12.8 Å². The maximum Gasteiger partial charge on any atom is 0.252 e. The number of nitrogens with zero attached hydrogens (tertiary/aromatic N) is 2. The van der Waals surface area contributed by atoms with Crippen LogP contribution < -0.4 is 5.32 Å². The molecule has 1 fully saturated rings. The Kier molecular flexibility index (Phi) is 2.78. The lowest BCUT2D eigenvalue weighted by atomic mass is 10.2. The second-order valence-corrected chi connectivity index (χ2v) is 5.02. The molecule has 0 radical (unpaired) electrons. The van der Waals surface area contributed by atoms with Crippen molar-refractivity contribution in [3.05, 3.63) is 35.8 Å². The number of rotatable bonds is 2. The van der Waals surface area contributed by atoms with Crippen LogP contribution in [0.3, 0.4) is 0 Å². The molecule has 2 aromatic rings. The molecular weight excluding hydrogens is 226 g/mol. The molecule has 1 aliphatic carbocycles. The zero-order chi connectivity index (χ0) is 12.5. The largest absolute Gasteiger partial charge is 0.349 e. The number of carbonyl (C=O) groups excluding carboxylic acids is 1. The molecular formula is C14H17N3O. The third kappa shape index (κ3) is 2.10. The highest BCUT2D eigenvalue weighted by Gasteiger charge is 2.18. The average Bonchev–Trinajstić information content (AvgIpc) is 2.95. The fraction of sp³-hybridized carbons (Fsp3) is 0.429. The van der Waals surface area contributed by atoms with Crippen LogP contribution in [0.4, 0.5) is 0 Å². The molecule has 1 amide bonds. The Labute approximate surface area is 106 Å². The lowest BCUT2D eigenvalue weighted by Crippen LogP contribution is -2.32. The van der Waals surface area contributed by atoms with Crippen molar-refractivity contribution in [2.24, 2.45) is 0 Å². The third-order valence-corrected chi connectivity index (χ3v) is 3.52. The minimum Gasteiger partial charge on any atom is -0.349 e. The summed E-state index contributed by atoms with van der Waals surface area (Å²) in [4.78, 5) is 16.5. The number of carbonyl (C=O) groups is 1. The first-order valence-corrected chi connectivity index (χ1v) is 6.48. The highest BCUT2D eigenvalue weighted by Crippen LogP contribution is 2.18. The first-order chi connectivity index (χ1) is 8.72. The number of pyridine rings is 1. The molecule has 94 valence electrons. The van der Waals surface area contributed by atoms with E-state index in [1.807, 2.05) is 35.9 Å². The fourth-order valence-electron chi connectivity index (χ4n) is 2.59. The number of hydrogen-bond acceptors (Lipinski definition) is 2. The summed E-state index contributed by atoms with van der Waals surface area (Å²) in [5.41, 5.74) is 2.54. The molecule has 2 heterocycles. The first kappa shape index (κ1) is 11.3. The number of aromatic nitrogens is 2. The van der Waals surface area contributed by atoms with Gasteiger partial charge < -0.3 is 9.72 Å². The topological polar surface area (TPSA) is 46.4 Å². The molecule has 0 aromatic carbocycles. The van der Waals surface area contributed by atoms with Crippen molar-refractivity contribution in [2.45, 2.75) is 38.6 Å². The van der Waals surface area contributed by atoms with Gasteiger partial charge in [0.15, 0.2) is 0 Å². The van der Waals surface area contributed by atoms with Gasteiger partial charge >= 0.3 is 0 Å². The van der Waals surface area contributed by atoms with Crippen molar-refractivity contribution >= 4 is 11.6 Å². The molecule has 0 saturated heterocycles. The predicted molar refractivity (Wildman–Crippen MR) is 69.7 cm³/mol. The summed E-state index contributed by atoms with van der Waals surface area (Å²) < 4.78 is 1.90. The van der Waals surface area contributed by atoms with Crippen molar-refractivity contribution < 1.29 is 4.79 Å². The van der Waals surface area contributed by atoms with Gasteiger partial charge in [-0.15, -0.1) is 0 Å². The van der Waals surface area contributed by atoms with E-state index < -0.39 is 0 Å². The SMILES string of the molecule is Cc1cn2cc(C(=O)NC3CCCC3)ccc2n1. The Balaban J connectivity index is 1.81. The molecule has 4 heteroatoms. The number of amides is 1. The number of aryl methyl sites for hydroxylation is 1. The number of fused-ring (bicyclic) bond motifs is 1. The lowest BCUT2D eigenvalue weighted by molar-refractivity contribution is 0.0937. The average molecular weight is 243 g/mol. The Bertz CT molecular complexity index is 582. The van der Waals surface area contributed by atoms with Crippen LogP contribution in [0.25, 0.3) is 5.65 Å². The van der Waals surface area contributed by atoms with Crippen molar-refractivity contribution in [3.8, 4) is 0 Å². The van der Waals surface area contributed by atoms with Crippen LogP contribution in [0.2, 0.25) is 0 Å². The zero-order valence-electron chi connectivity index (χ0n) is 10.5. The van der Waals surface area contributed by atoms with Crippen molar-refractivity contribution in [3.63, 3.8) is 0 Å². The van der Waals surface area contributed by atoms with Crippen LogP contribution in [0.1, 0.15) is 41.7 Å². The number of nitrogens with one attached hydrogen (secondary N) is 1. The van der Waals surface area contributed by atoms with Crippen LogP contribution in [0.15, 0.2) is 24.5 Å². The Morgan fingerprint density at radius 3 is 2.89 bits per heavy atom. The molecule has 1 N–H and O–H groups in total. The van der Waals surface area contributed by atoms with Gasteiger partial charge in [-0.2, -0.15) is 0 Å². The first-order valence-electron chi connectivity index (χ1n) is 6.48. The van der Waals surface area contributed by atoms with E-state index in [4.69, 9.17) is 0 Å². The monoisotopic (exact) mass is 243 g/mol. The van der Waals surface area contributed by atoms with Crippen molar-refractivity contribution in [1.29, 1.82) is 0 Å². The summed E-state index contributed by atoms with van der Waals surface area (Å²) >= 11 is 0. The van der Waals surface area contributed by atoms with Gasteiger partial charge in [-0.05, 0) is 31.9 Å². The van der Waals surface area contributed by atoms with Crippen molar-refractivity contribution in [2.75, 3.05) is 0 Å². The molecule has 0 bridgehead atoms. The lowest BCUT2D eigenvalue weighted by Gasteiger charge is -2.11. The van der Waals surface area contributed by atoms with Gasteiger partial charge in [0.05, 0.1) is 11.3 Å². The van der Waals surface area contributed by atoms with Crippen LogP contribution in [0, 0.1) is 6.92 Å². The Morgan fingerprint density at radius 1 is 1.33 bits per heavy atom. The van der Waals surface area contributed by atoms with E-state index >= 15 is 0 Å². The number of hydrogen-bond donors (Lipinski definition) is 1. The predicted octanol–water partition coefficient (Wildman–Crippen LogP) is 2.32. The quantitative estimate of drug-likeness (QED) is 0.879. The number of imidazole rings is 1. The van der Waals surface area contributed by atoms with Gasteiger partial charge in [0, 0.05) is 18.4 Å².